The normalized spacial score (nSPS) is 10.7. The zero-order valence-corrected chi connectivity index (χ0v) is 11.7. The lowest BCUT2D eigenvalue weighted by Gasteiger charge is -2.03. The first-order chi connectivity index (χ1) is 8.83. The number of amides is 1. The Kier molecular flexibility index (Phi) is 4.75. The number of rotatable bonds is 6. The molecule has 0 aliphatic rings. The molecule has 2 heterocycles. The van der Waals surface area contributed by atoms with Gasteiger partial charge < -0.3 is 5.32 Å². The van der Waals surface area contributed by atoms with Crippen molar-refractivity contribution < 1.29 is 4.79 Å². The molecule has 0 aliphatic heterocycles. The van der Waals surface area contributed by atoms with E-state index in [9.17, 15) is 4.79 Å². The molecule has 0 unspecified atom stereocenters. The fourth-order valence-corrected chi connectivity index (χ4v) is 2.20. The van der Waals surface area contributed by atoms with Gasteiger partial charge in [-0.2, -0.15) is 5.10 Å². The van der Waals surface area contributed by atoms with E-state index in [1.165, 1.54) is 0 Å². The van der Waals surface area contributed by atoms with E-state index in [4.69, 9.17) is 0 Å². The van der Waals surface area contributed by atoms with Crippen molar-refractivity contribution in [3.8, 4) is 0 Å². The summed E-state index contributed by atoms with van der Waals surface area (Å²) in [6, 6.07) is 5.69. The molecule has 0 saturated carbocycles. The largest absolute Gasteiger partial charge is 0.352 e. The van der Waals surface area contributed by atoms with Crippen LogP contribution in [-0.4, -0.2) is 27.4 Å². The number of hydrogen-bond donors (Lipinski definition) is 1. The molecule has 96 valence electrons. The van der Waals surface area contributed by atoms with Crippen molar-refractivity contribution in [2.75, 3.05) is 11.9 Å². The predicted molar refractivity (Wildman–Crippen MR) is 75.2 cm³/mol. The van der Waals surface area contributed by atoms with Gasteiger partial charge in [0, 0.05) is 18.1 Å². The summed E-state index contributed by atoms with van der Waals surface area (Å²) in [7, 11) is 0. The number of hydrogen-bond acceptors (Lipinski definition) is 2. The number of carbonyl (C=O) groups is 1. The summed E-state index contributed by atoms with van der Waals surface area (Å²) < 4.78 is 1.71. The highest BCUT2D eigenvalue weighted by molar-refractivity contribution is 9.09. The van der Waals surface area contributed by atoms with Crippen LogP contribution in [0.3, 0.4) is 0 Å². The molecule has 0 radical (unpaired) electrons. The smallest absolute Gasteiger partial charge is 0.255 e. The van der Waals surface area contributed by atoms with Gasteiger partial charge >= 0.3 is 0 Å². The Balaban J connectivity index is 1.93. The fraction of sp³-hybridized carbons (Fsp3) is 0.385. The number of unbranched alkanes of at least 4 members (excludes halogenated alkanes) is 2. The molecule has 0 saturated heterocycles. The third kappa shape index (κ3) is 3.10. The molecule has 0 atom stereocenters. The zero-order valence-electron chi connectivity index (χ0n) is 10.1. The van der Waals surface area contributed by atoms with Crippen LogP contribution in [-0.2, 0) is 0 Å². The molecule has 0 spiro atoms. The number of alkyl halides is 1. The highest BCUT2D eigenvalue weighted by atomic mass is 79.9. The maximum absolute atomic E-state index is 12.0. The molecule has 4 nitrogen and oxygen atoms in total. The van der Waals surface area contributed by atoms with Crippen molar-refractivity contribution in [2.45, 2.75) is 19.3 Å². The lowest BCUT2D eigenvalue weighted by Crippen LogP contribution is -2.24. The van der Waals surface area contributed by atoms with Crippen molar-refractivity contribution in [2.24, 2.45) is 0 Å². The standard InChI is InChI=1S/C13H16BrN3O/c14-7-3-1-4-8-15-13(18)11-10-16-17-9-5-2-6-12(11)17/h2,5-6,9-10H,1,3-4,7-8H2,(H,15,18). The van der Waals surface area contributed by atoms with E-state index in [0.717, 1.165) is 36.7 Å². The summed E-state index contributed by atoms with van der Waals surface area (Å²) in [5.41, 5.74) is 1.48. The van der Waals surface area contributed by atoms with Gasteiger partial charge in [-0.25, -0.2) is 4.52 Å². The van der Waals surface area contributed by atoms with Gasteiger partial charge in [-0.15, -0.1) is 0 Å². The minimum absolute atomic E-state index is 0.0463. The Morgan fingerprint density at radius 1 is 1.33 bits per heavy atom. The summed E-state index contributed by atoms with van der Waals surface area (Å²) in [5, 5.41) is 8.10. The Morgan fingerprint density at radius 2 is 2.22 bits per heavy atom. The number of aromatic nitrogens is 2. The highest BCUT2D eigenvalue weighted by Gasteiger charge is 2.10. The van der Waals surface area contributed by atoms with Gasteiger partial charge in [-0.1, -0.05) is 28.4 Å². The monoisotopic (exact) mass is 309 g/mol. The molecule has 1 N–H and O–H groups in total. The van der Waals surface area contributed by atoms with Crippen LogP contribution in [0.2, 0.25) is 0 Å². The summed E-state index contributed by atoms with van der Waals surface area (Å²) in [6.07, 6.45) is 6.73. The molecule has 0 bridgehead atoms. The second-order valence-electron chi connectivity index (χ2n) is 4.09. The number of nitrogens with one attached hydrogen (secondary N) is 1. The Morgan fingerprint density at radius 3 is 3.06 bits per heavy atom. The van der Waals surface area contributed by atoms with E-state index in [1.54, 1.807) is 10.7 Å². The van der Waals surface area contributed by atoms with Crippen LogP contribution in [0.25, 0.3) is 5.52 Å². The van der Waals surface area contributed by atoms with Crippen LogP contribution in [0.15, 0.2) is 30.6 Å². The predicted octanol–water partition coefficient (Wildman–Crippen LogP) is 2.63. The minimum atomic E-state index is -0.0463. The summed E-state index contributed by atoms with van der Waals surface area (Å²) in [4.78, 5) is 12.0. The van der Waals surface area contributed by atoms with E-state index >= 15 is 0 Å². The first-order valence-corrected chi connectivity index (χ1v) is 7.21. The van der Waals surface area contributed by atoms with Crippen molar-refractivity contribution in [1.82, 2.24) is 14.9 Å². The van der Waals surface area contributed by atoms with Gasteiger partial charge in [0.1, 0.15) is 0 Å². The maximum atomic E-state index is 12.0. The van der Waals surface area contributed by atoms with Crippen LogP contribution in [0.5, 0.6) is 0 Å². The maximum Gasteiger partial charge on any atom is 0.255 e. The van der Waals surface area contributed by atoms with Crippen molar-refractivity contribution in [1.29, 1.82) is 0 Å². The van der Waals surface area contributed by atoms with Gasteiger partial charge in [0.25, 0.3) is 5.91 Å². The van der Waals surface area contributed by atoms with E-state index in [1.807, 2.05) is 24.4 Å². The third-order valence-electron chi connectivity index (χ3n) is 2.77. The topological polar surface area (TPSA) is 46.4 Å². The van der Waals surface area contributed by atoms with Crippen molar-refractivity contribution in [3.63, 3.8) is 0 Å². The molecule has 2 aromatic rings. The number of pyridine rings is 1. The summed E-state index contributed by atoms with van der Waals surface area (Å²) >= 11 is 3.39. The highest BCUT2D eigenvalue weighted by Crippen LogP contribution is 2.09. The van der Waals surface area contributed by atoms with E-state index in [-0.39, 0.29) is 5.91 Å². The molecule has 0 aromatic carbocycles. The lowest BCUT2D eigenvalue weighted by molar-refractivity contribution is 0.0954. The number of fused-ring (bicyclic) bond motifs is 1. The molecular weight excluding hydrogens is 294 g/mol. The fourth-order valence-electron chi connectivity index (χ4n) is 1.80. The van der Waals surface area contributed by atoms with Crippen molar-refractivity contribution >= 4 is 27.4 Å². The van der Waals surface area contributed by atoms with Crippen LogP contribution in [0.1, 0.15) is 29.6 Å². The minimum Gasteiger partial charge on any atom is -0.352 e. The van der Waals surface area contributed by atoms with Gasteiger partial charge in [0.2, 0.25) is 0 Å². The molecule has 0 fully saturated rings. The first-order valence-electron chi connectivity index (χ1n) is 6.09. The van der Waals surface area contributed by atoms with Gasteiger partial charge in [0.05, 0.1) is 17.3 Å². The van der Waals surface area contributed by atoms with Gasteiger partial charge in [0.15, 0.2) is 0 Å². The van der Waals surface area contributed by atoms with Gasteiger partial charge in [-0.3, -0.25) is 4.79 Å². The lowest BCUT2D eigenvalue weighted by atomic mass is 10.2. The second kappa shape index (κ2) is 6.54. The van der Waals surface area contributed by atoms with Crippen LogP contribution in [0, 0.1) is 0 Å². The van der Waals surface area contributed by atoms with E-state index < -0.39 is 0 Å². The molecule has 1 amide bonds. The van der Waals surface area contributed by atoms with Gasteiger partial charge in [-0.05, 0) is 25.0 Å². The van der Waals surface area contributed by atoms with Crippen LogP contribution >= 0.6 is 15.9 Å². The van der Waals surface area contributed by atoms with Crippen molar-refractivity contribution in [3.05, 3.63) is 36.2 Å². The molecule has 2 rings (SSSR count). The Hall–Kier alpha value is -1.36. The molecule has 18 heavy (non-hydrogen) atoms. The SMILES string of the molecule is O=C(NCCCCCBr)c1cnn2ccccc12. The summed E-state index contributed by atoms with van der Waals surface area (Å²) in [5.74, 6) is -0.0463. The molecular formula is C13H16BrN3O. The van der Waals surface area contributed by atoms with Crippen LogP contribution < -0.4 is 5.32 Å². The van der Waals surface area contributed by atoms with Crippen LogP contribution in [0.4, 0.5) is 0 Å². The number of carbonyl (C=O) groups excluding carboxylic acids is 1. The van der Waals surface area contributed by atoms with E-state index in [0.29, 0.717) is 5.56 Å². The Bertz CT molecular complexity index is 524. The summed E-state index contributed by atoms with van der Waals surface area (Å²) in [6.45, 7) is 0.718. The quantitative estimate of drug-likeness (QED) is 0.658. The second-order valence-corrected chi connectivity index (χ2v) is 4.89. The molecule has 2 aromatic heterocycles. The molecule has 0 aliphatic carbocycles. The zero-order chi connectivity index (χ0) is 12.8. The van der Waals surface area contributed by atoms with E-state index in [2.05, 4.69) is 26.3 Å². The number of halogens is 1. The first kappa shape index (κ1) is 13.1. The Labute approximate surface area is 115 Å². The average molecular weight is 310 g/mol. The number of nitrogens with zero attached hydrogens (tertiary/aromatic N) is 2. The molecule has 5 heteroatoms. The third-order valence-corrected chi connectivity index (χ3v) is 3.33. The average Bonchev–Trinajstić information content (AvgIpc) is 2.82.